The standard InChI is InChI=1S/C20H25N3O/c1-15-6-3-4-7-18(15)14-23-11-5-8-20(23)19-10-9-17(13-22-19)12-21-16(2)24/h3-4,6-7,9-10,13,20H,5,8,11-12,14H2,1-2H3,(H,21,24)/t20-/m1/s1. The van der Waals surface area contributed by atoms with Crippen molar-refractivity contribution < 1.29 is 4.79 Å². The highest BCUT2D eigenvalue weighted by atomic mass is 16.1. The molecule has 24 heavy (non-hydrogen) atoms. The molecule has 1 aliphatic rings. The average Bonchev–Trinajstić information content (AvgIpc) is 3.04. The Hall–Kier alpha value is -2.20. The molecule has 0 bridgehead atoms. The van der Waals surface area contributed by atoms with Crippen LogP contribution in [0, 0.1) is 6.92 Å². The first-order valence-corrected chi connectivity index (χ1v) is 8.61. The Morgan fingerprint density at radius 1 is 1.29 bits per heavy atom. The largest absolute Gasteiger partial charge is 0.352 e. The summed E-state index contributed by atoms with van der Waals surface area (Å²) < 4.78 is 0. The highest BCUT2D eigenvalue weighted by Crippen LogP contribution is 2.32. The van der Waals surface area contributed by atoms with Crippen molar-refractivity contribution >= 4 is 5.91 Å². The predicted molar refractivity (Wildman–Crippen MR) is 95.3 cm³/mol. The maximum absolute atomic E-state index is 11.0. The Kier molecular flexibility index (Phi) is 5.26. The van der Waals surface area contributed by atoms with E-state index >= 15 is 0 Å². The number of hydrogen-bond acceptors (Lipinski definition) is 3. The minimum absolute atomic E-state index is 0.0146. The van der Waals surface area contributed by atoms with Crippen LogP contribution in [0.15, 0.2) is 42.6 Å². The summed E-state index contributed by atoms with van der Waals surface area (Å²) in [7, 11) is 0. The van der Waals surface area contributed by atoms with Crippen LogP contribution in [0.5, 0.6) is 0 Å². The predicted octanol–water partition coefficient (Wildman–Crippen LogP) is 3.36. The molecule has 0 aliphatic carbocycles. The number of nitrogens with one attached hydrogen (secondary N) is 1. The van der Waals surface area contributed by atoms with Gasteiger partial charge in [-0.1, -0.05) is 30.3 Å². The molecule has 1 aliphatic heterocycles. The smallest absolute Gasteiger partial charge is 0.217 e. The summed E-state index contributed by atoms with van der Waals surface area (Å²) in [6.07, 6.45) is 4.26. The summed E-state index contributed by atoms with van der Waals surface area (Å²) in [6.45, 7) is 6.35. The van der Waals surface area contributed by atoms with Gasteiger partial charge >= 0.3 is 0 Å². The molecule has 1 atom stereocenters. The molecule has 0 unspecified atom stereocenters. The Morgan fingerprint density at radius 2 is 2.12 bits per heavy atom. The number of aromatic nitrogens is 1. The van der Waals surface area contributed by atoms with Crippen LogP contribution in [-0.2, 0) is 17.9 Å². The molecular weight excluding hydrogens is 298 g/mol. The van der Waals surface area contributed by atoms with E-state index in [1.807, 2.05) is 6.20 Å². The first-order chi connectivity index (χ1) is 11.6. The van der Waals surface area contributed by atoms with Crippen LogP contribution in [0.1, 0.15) is 48.2 Å². The van der Waals surface area contributed by atoms with E-state index in [4.69, 9.17) is 0 Å². The van der Waals surface area contributed by atoms with E-state index in [9.17, 15) is 4.79 Å². The summed E-state index contributed by atoms with van der Waals surface area (Å²) in [5.74, 6) is -0.0146. The normalized spacial score (nSPS) is 17.8. The van der Waals surface area contributed by atoms with Crippen LogP contribution in [0.25, 0.3) is 0 Å². The van der Waals surface area contributed by atoms with Gasteiger partial charge in [0.15, 0.2) is 0 Å². The van der Waals surface area contributed by atoms with Crippen molar-refractivity contribution in [2.24, 2.45) is 0 Å². The van der Waals surface area contributed by atoms with Crippen LogP contribution in [0.4, 0.5) is 0 Å². The van der Waals surface area contributed by atoms with E-state index in [1.165, 1.54) is 24.5 Å². The molecule has 1 amide bonds. The van der Waals surface area contributed by atoms with Gasteiger partial charge in [-0.15, -0.1) is 0 Å². The molecule has 3 rings (SSSR count). The molecule has 1 saturated heterocycles. The maximum Gasteiger partial charge on any atom is 0.217 e. The fraction of sp³-hybridized carbons (Fsp3) is 0.400. The highest BCUT2D eigenvalue weighted by molar-refractivity contribution is 5.72. The Balaban J connectivity index is 1.69. The fourth-order valence-electron chi connectivity index (χ4n) is 3.32. The summed E-state index contributed by atoms with van der Waals surface area (Å²) in [6, 6.07) is 13.2. The van der Waals surface area contributed by atoms with E-state index in [0.717, 1.165) is 30.8 Å². The van der Waals surface area contributed by atoms with Gasteiger partial charge < -0.3 is 5.32 Å². The molecule has 2 heterocycles. The van der Waals surface area contributed by atoms with Gasteiger partial charge in [0, 0.05) is 26.2 Å². The van der Waals surface area contributed by atoms with Crippen LogP contribution < -0.4 is 5.32 Å². The number of aryl methyl sites for hydroxylation is 1. The number of pyridine rings is 1. The topological polar surface area (TPSA) is 45.2 Å². The number of amides is 1. The molecule has 126 valence electrons. The molecule has 1 N–H and O–H groups in total. The first-order valence-electron chi connectivity index (χ1n) is 8.61. The fourth-order valence-corrected chi connectivity index (χ4v) is 3.32. The summed E-state index contributed by atoms with van der Waals surface area (Å²) in [5, 5.41) is 2.81. The third-order valence-electron chi connectivity index (χ3n) is 4.73. The van der Waals surface area contributed by atoms with Crippen molar-refractivity contribution in [2.45, 2.75) is 45.8 Å². The monoisotopic (exact) mass is 323 g/mol. The van der Waals surface area contributed by atoms with Gasteiger partial charge in [-0.05, 0) is 49.1 Å². The second kappa shape index (κ2) is 7.58. The summed E-state index contributed by atoms with van der Waals surface area (Å²) in [5.41, 5.74) is 4.92. The van der Waals surface area contributed by atoms with Gasteiger partial charge in [-0.3, -0.25) is 14.7 Å². The SMILES string of the molecule is CC(=O)NCc1ccc([C@H]2CCCN2Cc2ccccc2C)nc1. The minimum atomic E-state index is -0.0146. The van der Waals surface area contributed by atoms with Crippen LogP contribution >= 0.6 is 0 Å². The van der Waals surface area contributed by atoms with Crippen molar-refractivity contribution in [3.63, 3.8) is 0 Å². The molecule has 4 heteroatoms. The molecule has 0 saturated carbocycles. The first kappa shape index (κ1) is 16.7. The Labute approximate surface area is 143 Å². The molecule has 4 nitrogen and oxygen atoms in total. The van der Waals surface area contributed by atoms with E-state index in [-0.39, 0.29) is 5.91 Å². The van der Waals surface area contributed by atoms with Gasteiger partial charge in [0.25, 0.3) is 0 Å². The van der Waals surface area contributed by atoms with Gasteiger partial charge in [-0.25, -0.2) is 0 Å². The van der Waals surface area contributed by atoms with E-state index in [1.54, 1.807) is 0 Å². The van der Waals surface area contributed by atoms with Gasteiger partial charge in [0.2, 0.25) is 5.91 Å². The molecule has 0 radical (unpaired) electrons. The van der Waals surface area contributed by atoms with E-state index in [0.29, 0.717) is 12.6 Å². The quantitative estimate of drug-likeness (QED) is 0.917. The van der Waals surface area contributed by atoms with Gasteiger partial charge in [0.1, 0.15) is 0 Å². The number of benzene rings is 1. The number of carbonyl (C=O) groups is 1. The number of carbonyl (C=O) groups excluding carboxylic acids is 1. The Morgan fingerprint density at radius 3 is 2.83 bits per heavy atom. The van der Waals surface area contributed by atoms with Gasteiger partial charge in [-0.2, -0.15) is 0 Å². The third kappa shape index (κ3) is 4.01. The van der Waals surface area contributed by atoms with E-state index in [2.05, 4.69) is 58.5 Å². The molecule has 1 aromatic carbocycles. The lowest BCUT2D eigenvalue weighted by Crippen LogP contribution is -2.24. The number of nitrogens with zero attached hydrogens (tertiary/aromatic N) is 2. The van der Waals surface area contributed by atoms with Crippen molar-refractivity contribution in [2.75, 3.05) is 6.54 Å². The Bertz CT molecular complexity index is 696. The number of rotatable bonds is 5. The van der Waals surface area contributed by atoms with Crippen LogP contribution in [-0.4, -0.2) is 22.3 Å². The molecular formula is C20H25N3O. The zero-order valence-corrected chi connectivity index (χ0v) is 14.5. The molecule has 2 aromatic rings. The van der Waals surface area contributed by atoms with Crippen molar-refractivity contribution in [3.05, 3.63) is 65.0 Å². The molecule has 1 aromatic heterocycles. The maximum atomic E-state index is 11.0. The number of likely N-dealkylation sites (tertiary alicyclic amines) is 1. The second-order valence-electron chi connectivity index (χ2n) is 6.56. The minimum Gasteiger partial charge on any atom is -0.352 e. The highest BCUT2D eigenvalue weighted by Gasteiger charge is 2.27. The lowest BCUT2D eigenvalue weighted by atomic mass is 10.1. The third-order valence-corrected chi connectivity index (χ3v) is 4.73. The number of hydrogen-bond donors (Lipinski definition) is 1. The van der Waals surface area contributed by atoms with Crippen LogP contribution in [0.2, 0.25) is 0 Å². The lowest BCUT2D eigenvalue weighted by molar-refractivity contribution is -0.119. The second-order valence-corrected chi connectivity index (χ2v) is 6.56. The zero-order valence-electron chi connectivity index (χ0n) is 14.5. The summed E-state index contributed by atoms with van der Waals surface area (Å²) in [4.78, 5) is 18.2. The van der Waals surface area contributed by atoms with Crippen molar-refractivity contribution in [1.29, 1.82) is 0 Å². The van der Waals surface area contributed by atoms with Gasteiger partial charge in [0.05, 0.1) is 11.7 Å². The van der Waals surface area contributed by atoms with E-state index < -0.39 is 0 Å². The van der Waals surface area contributed by atoms with Crippen LogP contribution in [0.3, 0.4) is 0 Å². The molecule has 1 fully saturated rings. The molecule has 0 spiro atoms. The average molecular weight is 323 g/mol. The summed E-state index contributed by atoms with van der Waals surface area (Å²) >= 11 is 0. The van der Waals surface area contributed by atoms with Crippen molar-refractivity contribution in [3.8, 4) is 0 Å². The lowest BCUT2D eigenvalue weighted by Gasteiger charge is -2.25. The zero-order chi connectivity index (χ0) is 16.9. The van der Waals surface area contributed by atoms with Crippen molar-refractivity contribution in [1.82, 2.24) is 15.2 Å².